The van der Waals surface area contributed by atoms with Crippen LogP contribution in [0.3, 0.4) is 0 Å². The molecule has 0 spiro atoms. The zero-order valence-electron chi connectivity index (χ0n) is 17.4. The van der Waals surface area contributed by atoms with Crippen LogP contribution in [0, 0.1) is 11.3 Å². The van der Waals surface area contributed by atoms with Gasteiger partial charge in [0.05, 0.1) is 13.2 Å². The van der Waals surface area contributed by atoms with E-state index in [4.69, 9.17) is 15.3 Å². The van der Waals surface area contributed by atoms with Crippen LogP contribution in [-0.2, 0) is 22.4 Å². The van der Waals surface area contributed by atoms with Crippen molar-refractivity contribution in [2.24, 2.45) is 5.92 Å². The number of anilines is 1. The lowest BCUT2D eigenvalue weighted by Gasteiger charge is -2.29. The van der Waals surface area contributed by atoms with E-state index in [-0.39, 0.29) is 18.2 Å². The number of morpholine rings is 1. The summed E-state index contributed by atoms with van der Waals surface area (Å²) >= 11 is 0. The topological polar surface area (TPSA) is 103 Å². The van der Waals surface area contributed by atoms with E-state index in [9.17, 15) is 9.59 Å². The van der Waals surface area contributed by atoms with Gasteiger partial charge in [0, 0.05) is 36.3 Å². The zero-order valence-corrected chi connectivity index (χ0v) is 17.4. The van der Waals surface area contributed by atoms with Crippen LogP contribution in [0.15, 0.2) is 42.5 Å². The fraction of sp³-hybridized carbons (Fsp3) is 0.375. The molecule has 3 N–H and O–H groups in total. The minimum atomic E-state index is -0.761. The molecule has 162 valence electrons. The molecule has 1 aliphatic heterocycles. The number of carboxylic acid groups (broad SMARTS) is 1. The van der Waals surface area contributed by atoms with E-state index in [0.29, 0.717) is 43.4 Å². The van der Waals surface area contributed by atoms with Crippen LogP contribution < -0.4 is 5.32 Å². The minimum Gasteiger partial charge on any atom is -0.481 e. The van der Waals surface area contributed by atoms with Crippen LogP contribution in [0.25, 0.3) is 0 Å². The number of fused-ring (bicyclic) bond motifs is 1. The maximum absolute atomic E-state index is 12.7. The van der Waals surface area contributed by atoms with E-state index in [1.165, 1.54) is 5.56 Å². The third kappa shape index (κ3) is 5.11. The molecule has 0 bridgehead atoms. The van der Waals surface area contributed by atoms with Crippen LogP contribution in [-0.4, -0.2) is 54.0 Å². The summed E-state index contributed by atoms with van der Waals surface area (Å²) in [5.41, 5.74) is 4.36. The summed E-state index contributed by atoms with van der Waals surface area (Å²) in [4.78, 5) is 25.7. The average molecular weight is 421 g/mol. The van der Waals surface area contributed by atoms with E-state index >= 15 is 0 Å². The highest BCUT2D eigenvalue weighted by atomic mass is 16.5. The Hall–Kier alpha value is -3.19. The standard InChI is InChI=1S/C24H27N3O4/c25-23(27-9-11-31-12-10-27)18-3-5-19(6-4-18)24(30)26-21-8-7-17-2-1-16(14-22(28)29)13-20(17)15-21/h3-8,15-16,25H,1-2,9-14H2,(H,26,30)(H,28,29). The van der Waals surface area contributed by atoms with Crippen molar-refractivity contribution < 1.29 is 19.4 Å². The fourth-order valence-corrected chi connectivity index (χ4v) is 4.28. The molecule has 1 saturated heterocycles. The molecule has 7 heteroatoms. The van der Waals surface area contributed by atoms with Gasteiger partial charge in [-0.3, -0.25) is 15.0 Å². The van der Waals surface area contributed by atoms with E-state index in [1.54, 1.807) is 24.3 Å². The van der Waals surface area contributed by atoms with Crippen LogP contribution in [0.4, 0.5) is 5.69 Å². The molecule has 2 aromatic rings. The molecule has 7 nitrogen and oxygen atoms in total. The molecule has 1 heterocycles. The number of hydrogen-bond acceptors (Lipinski definition) is 4. The Morgan fingerprint density at radius 3 is 2.48 bits per heavy atom. The lowest BCUT2D eigenvalue weighted by Crippen LogP contribution is -2.40. The number of aliphatic carboxylic acids is 1. The molecule has 4 rings (SSSR count). The molecule has 1 unspecified atom stereocenters. The van der Waals surface area contributed by atoms with Crippen molar-refractivity contribution in [3.05, 3.63) is 64.7 Å². The summed E-state index contributed by atoms with van der Waals surface area (Å²) in [6.07, 6.45) is 2.67. The Kier molecular flexibility index (Phi) is 6.32. The molecular weight excluding hydrogens is 394 g/mol. The molecular formula is C24H27N3O4. The Morgan fingerprint density at radius 1 is 1.06 bits per heavy atom. The normalized spacial score (nSPS) is 18.2. The van der Waals surface area contributed by atoms with Crippen molar-refractivity contribution >= 4 is 23.4 Å². The van der Waals surface area contributed by atoms with Crippen LogP contribution in [0.5, 0.6) is 0 Å². The number of nitrogens with zero attached hydrogens (tertiary/aromatic N) is 1. The molecule has 2 aliphatic rings. The zero-order chi connectivity index (χ0) is 21.8. The van der Waals surface area contributed by atoms with E-state index in [0.717, 1.165) is 30.4 Å². The summed E-state index contributed by atoms with van der Waals surface area (Å²) in [6, 6.07) is 13.0. The second-order valence-electron chi connectivity index (χ2n) is 8.17. The van der Waals surface area contributed by atoms with E-state index < -0.39 is 5.97 Å². The minimum absolute atomic E-state index is 0.144. The Labute approximate surface area is 181 Å². The lowest BCUT2D eigenvalue weighted by atomic mass is 9.82. The first-order valence-corrected chi connectivity index (χ1v) is 10.7. The van der Waals surface area contributed by atoms with Gasteiger partial charge in [0.2, 0.25) is 0 Å². The largest absolute Gasteiger partial charge is 0.481 e. The summed E-state index contributed by atoms with van der Waals surface area (Å²) in [5, 5.41) is 20.4. The number of carbonyl (C=O) groups is 2. The number of aryl methyl sites for hydroxylation is 1. The van der Waals surface area contributed by atoms with Gasteiger partial charge < -0.3 is 20.1 Å². The predicted molar refractivity (Wildman–Crippen MR) is 118 cm³/mol. The highest BCUT2D eigenvalue weighted by Gasteiger charge is 2.21. The van der Waals surface area contributed by atoms with E-state index in [2.05, 4.69) is 5.32 Å². The number of benzene rings is 2. The number of carbonyl (C=O) groups excluding carboxylic acids is 1. The molecule has 1 atom stereocenters. The van der Waals surface area contributed by atoms with Gasteiger partial charge >= 0.3 is 5.97 Å². The maximum Gasteiger partial charge on any atom is 0.303 e. The molecule has 0 aromatic heterocycles. The number of ether oxygens (including phenoxy) is 1. The average Bonchev–Trinajstić information content (AvgIpc) is 2.78. The third-order valence-corrected chi connectivity index (χ3v) is 6.01. The fourth-order valence-electron chi connectivity index (χ4n) is 4.28. The third-order valence-electron chi connectivity index (χ3n) is 6.01. The number of carboxylic acids is 1. The molecule has 2 aromatic carbocycles. The Bertz CT molecular complexity index is 981. The number of amidine groups is 1. The molecule has 1 fully saturated rings. The first-order chi connectivity index (χ1) is 15.0. The van der Waals surface area contributed by atoms with Gasteiger partial charge in [-0.15, -0.1) is 0 Å². The lowest BCUT2D eigenvalue weighted by molar-refractivity contribution is -0.138. The molecule has 1 amide bonds. The number of hydrogen-bond donors (Lipinski definition) is 3. The van der Waals surface area contributed by atoms with Gasteiger partial charge in [-0.2, -0.15) is 0 Å². The first kappa shape index (κ1) is 21.1. The van der Waals surface area contributed by atoms with Gasteiger partial charge in [0.1, 0.15) is 5.84 Å². The van der Waals surface area contributed by atoms with Crippen molar-refractivity contribution in [3.63, 3.8) is 0 Å². The van der Waals surface area contributed by atoms with Crippen molar-refractivity contribution in [1.82, 2.24) is 4.90 Å². The molecule has 1 aliphatic carbocycles. The SMILES string of the molecule is N=C(c1ccc(C(=O)Nc2ccc3c(c2)CC(CC(=O)O)CC3)cc1)N1CCOCC1. The monoisotopic (exact) mass is 421 g/mol. The van der Waals surface area contributed by atoms with Crippen molar-refractivity contribution in [2.45, 2.75) is 25.7 Å². The van der Waals surface area contributed by atoms with Gasteiger partial charge in [-0.1, -0.05) is 18.2 Å². The Balaban J connectivity index is 1.40. The van der Waals surface area contributed by atoms with Crippen LogP contribution in [0.2, 0.25) is 0 Å². The number of nitrogens with one attached hydrogen (secondary N) is 2. The van der Waals surface area contributed by atoms with Crippen molar-refractivity contribution in [1.29, 1.82) is 5.41 Å². The van der Waals surface area contributed by atoms with Gasteiger partial charge in [-0.05, 0) is 60.6 Å². The molecule has 0 saturated carbocycles. The van der Waals surface area contributed by atoms with Gasteiger partial charge in [0.15, 0.2) is 0 Å². The predicted octanol–water partition coefficient (Wildman–Crippen LogP) is 3.18. The van der Waals surface area contributed by atoms with Crippen molar-refractivity contribution in [2.75, 3.05) is 31.6 Å². The number of rotatable bonds is 5. The van der Waals surface area contributed by atoms with Crippen LogP contribution >= 0.6 is 0 Å². The first-order valence-electron chi connectivity index (χ1n) is 10.7. The summed E-state index contributed by atoms with van der Waals surface area (Å²) in [7, 11) is 0. The Morgan fingerprint density at radius 2 is 1.77 bits per heavy atom. The van der Waals surface area contributed by atoms with Crippen LogP contribution in [0.1, 0.15) is 39.9 Å². The summed E-state index contributed by atoms with van der Waals surface area (Å²) < 4.78 is 5.33. The second-order valence-corrected chi connectivity index (χ2v) is 8.17. The van der Waals surface area contributed by atoms with Crippen molar-refractivity contribution in [3.8, 4) is 0 Å². The second kappa shape index (κ2) is 9.31. The summed E-state index contributed by atoms with van der Waals surface area (Å²) in [6.45, 7) is 2.65. The molecule has 0 radical (unpaired) electrons. The van der Waals surface area contributed by atoms with E-state index in [1.807, 2.05) is 23.1 Å². The maximum atomic E-state index is 12.7. The quantitative estimate of drug-likeness (QED) is 0.508. The molecule has 31 heavy (non-hydrogen) atoms. The summed E-state index contributed by atoms with van der Waals surface area (Å²) in [5.74, 6) is -0.378. The smallest absolute Gasteiger partial charge is 0.303 e. The highest BCUT2D eigenvalue weighted by Crippen LogP contribution is 2.29. The van der Waals surface area contributed by atoms with Gasteiger partial charge in [-0.25, -0.2) is 0 Å². The highest BCUT2D eigenvalue weighted by molar-refractivity contribution is 6.05. The number of amides is 1. The van der Waals surface area contributed by atoms with Gasteiger partial charge in [0.25, 0.3) is 5.91 Å².